The number of ether oxygens (including phenoxy) is 1. The van der Waals surface area contributed by atoms with Crippen molar-refractivity contribution in [3.8, 4) is 0 Å². The van der Waals surface area contributed by atoms with Gasteiger partial charge in [0, 0.05) is 6.61 Å². The summed E-state index contributed by atoms with van der Waals surface area (Å²) in [6, 6.07) is 0. The largest absolute Gasteiger partial charge is 0.481 e. The quantitative estimate of drug-likeness (QED) is 0.788. The van der Waals surface area contributed by atoms with Crippen LogP contribution in [0.5, 0.6) is 0 Å². The second-order valence-corrected chi connectivity index (χ2v) is 10.1. The molecule has 4 rings (SSSR count). The Balaban J connectivity index is 1.47. The monoisotopic (exact) mass is 364 g/mol. The molecule has 0 heterocycles. The minimum Gasteiger partial charge on any atom is -0.481 e. The minimum atomic E-state index is -0.616. The van der Waals surface area contributed by atoms with Crippen molar-refractivity contribution in [2.24, 2.45) is 40.9 Å². The predicted molar refractivity (Wildman–Crippen MR) is 99.7 cm³/mol. The SMILES string of the molecule is CCOC[C@@]1(O)CC[C@H]2[C@H](CC[C@@H]3[C@@H]2CC[C@]2(C)[C@@H](C(=O)O)CC[C@@H]32)C1. The van der Waals surface area contributed by atoms with Gasteiger partial charge in [0.2, 0.25) is 0 Å². The molecule has 0 spiro atoms. The molecule has 4 aliphatic rings. The summed E-state index contributed by atoms with van der Waals surface area (Å²) in [6.07, 6.45) is 9.63. The Bertz CT molecular complexity index is 548. The Labute approximate surface area is 157 Å². The average molecular weight is 365 g/mol. The molecule has 0 bridgehead atoms. The van der Waals surface area contributed by atoms with Gasteiger partial charge in [0.25, 0.3) is 0 Å². The van der Waals surface area contributed by atoms with Crippen molar-refractivity contribution < 1.29 is 19.7 Å². The molecule has 26 heavy (non-hydrogen) atoms. The Morgan fingerprint density at radius 3 is 2.54 bits per heavy atom. The molecule has 0 aliphatic heterocycles. The smallest absolute Gasteiger partial charge is 0.307 e. The van der Waals surface area contributed by atoms with Gasteiger partial charge >= 0.3 is 5.97 Å². The molecule has 4 heteroatoms. The van der Waals surface area contributed by atoms with Gasteiger partial charge in [0.15, 0.2) is 0 Å². The van der Waals surface area contributed by atoms with E-state index < -0.39 is 11.6 Å². The molecule has 8 atom stereocenters. The number of hydrogen-bond acceptors (Lipinski definition) is 3. The Morgan fingerprint density at radius 2 is 1.81 bits per heavy atom. The highest BCUT2D eigenvalue weighted by Gasteiger charge is 2.59. The fraction of sp³-hybridized carbons (Fsp3) is 0.955. The van der Waals surface area contributed by atoms with Crippen molar-refractivity contribution in [2.45, 2.75) is 77.2 Å². The first kappa shape index (κ1) is 18.7. The fourth-order valence-electron chi connectivity index (χ4n) is 7.79. The van der Waals surface area contributed by atoms with E-state index in [1.54, 1.807) is 0 Å². The molecule has 0 aromatic heterocycles. The molecule has 0 radical (unpaired) electrons. The van der Waals surface area contributed by atoms with Gasteiger partial charge in [-0.05, 0) is 99.7 Å². The zero-order chi connectivity index (χ0) is 18.5. The normalized spacial score (nSPS) is 50.6. The van der Waals surface area contributed by atoms with E-state index >= 15 is 0 Å². The standard InChI is InChI=1S/C22H36O4/c1-3-26-13-22(25)11-9-15-14(12-22)4-5-17-16(15)8-10-21(2)18(17)6-7-19(21)20(23)24/h14-19,25H,3-13H2,1-2H3,(H,23,24)/t14-,15+,16-,17-,18+,19-,21+,22-/m1/s1. The van der Waals surface area contributed by atoms with Crippen LogP contribution < -0.4 is 0 Å². The minimum absolute atomic E-state index is 0.0181. The predicted octanol–water partition coefficient (Wildman–Crippen LogP) is 4.11. The van der Waals surface area contributed by atoms with E-state index in [1.165, 1.54) is 19.3 Å². The van der Waals surface area contributed by atoms with Crippen molar-refractivity contribution in [1.82, 2.24) is 0 Å². The zero-order valence-corrected chi connectivity index (χ0v) is 16.5. The lowest BCUT2D eigenvalue weighted by Crippen LogP contribution is -2.52. The lowest BCUT2D eigenvalue weighted by atomic mass is 9.49. The van der Waals surface area contributed by atoms with Gasteiger partial charge in [0.05, 0.1) is 18.1 Å². The maximum absolute atomic E-state index is 11.8. The first-order valence-electron chi connectivity index (χ1n) is 10.9. The Hall–Kier alpha value is -0.610. The van der Waals surface area contributed by atoms with Crippen molar-refractivity contribution in [3.63, 3.8) is 0 Å². The average Bonchev–Trinajstić information content (AvgIpc) is 2.97. The molecule has 4 saturated carbocycles. The second kappa shape index (κ2) is 6.77. The number of carbonyl (C=O) groups is 1. The van der Waals surface area contributed by atoms with E-state index in [2.05, 4.69) is 6.92 Å². The fourth-order valence-corrected chi connectivity index (χ4v) is 7.79. The molecule has 0 amide bonds. The van der Waals surface area contributed by atoms with Gasteiger partial charge in [-0.25, -0.2) is 0 Å². The molecule has 4 nitrogen and oxygen atoms in total. The van der Waals surface area contributed by atoms with Crippen LogP contribution in [0.4, 0.5) is 0 Å². The topological polar surface area (TPSA) is 66.8 Å². The molecule has 148 valence electrons. The first-order chi connectivity index (χ1) is 12.4. The van der Waals surface area contributed by atoms with Crippen molar-refractivity contribution in [3.05, 3.63) is 0 Å². The molecule has 0 aromatic carbocycles. The van der Waals surface area contributed by atoms with Crippen LogP contribution >= 0.6 is 0 Å². The molecule has 4 fully saturated rings. The van der Waals surface area contributed by atoms with E-state index in [9.17, 15) is 15.0 Å². The van der Waals surface area contributed by atoms with Gasteiger partial charge in [0.1, 0.15) is 0 Å². The highest BCUT2D eigenvalue weighted by atomic mass is 16.5. The summed E-state index contributed by atoms with van der Waals surface area (Å²) >= 11 is 0. The lowest BCUT2D eigenvalue weighted by molar-refractivity contribution is -0.152. The van der Waals surface area contributed by atoms with Crippen LogP contribution in [0.25, 0.3) is 0 Å². The van der Waals surface area contributed by atoms with E-state index in [0.717, 1.165) is 56.3 Å². The van der Waals surface area contributed by atoms with Crippen LogP contribution in [0.2, 0.25) is 0 Å². The van der Waals surface area contributed by atoms with Crippen LogP contribution in [0, 0.1) is 40.9 Å². The van der Waals surface area contributed by atoms with Gasteiger partial charge < -0.3 is 14.9 Å². The summed E-state index contributed by atoms with van der Waals surface area (Å²) in [7, 11) is 0. The molecule has 2 N–H and O–H groups in total. The van der Waals surface area contributed by atoms with Gasteiger partial charge in [-0.3, -0.25) is 4.79 Å². The number of aliphatic hydroxyl groups is 1. The molecular weight excluding hydrogens is 328 g/mol. The van der Waals surface area contributed by atoms with Crippen LogP contribution in [-0.2, 0) is 9.53 Å². The zero-order valence-electron chi connectivity index (χ0n) is 16.5. The Morgan fingerprint density at radius 1 is 1.04 bits per heavy atom. The van der Waals surface area contributed by atoms with E-state index in [4.69, 9.17) is 4.74 Å². The maximum Gasteiger partial charge on any atom is 0.307 e. The summed E-state index contributed by atoms with van der Waals surface area (Å²) in [4.78, 5) is 11.8. The van der Waals surface area contributed by atoms with E-state index in [1.807, 2.05) is 6.92 Å². The maximum atomic E-state index is 11.8. The third-order valence-electron chi connectivity index (χ3n) is 8.98. The summed E-state index contributed by atoms with van der Waals surface area (Å²) in [6.45, 7) is 5.42. The molecule has 0 aromatic rings. The van der Waals surface area contributed by atoms with E-state index in [-0.39, 0.29) is 11.3 Å². The van der Waals surface area contributed by atoms with Crippen molar-refractivity contribution in [2.75, 3.05) is 13.2 Å². The van der Waals surface area contributed by atoms with Crippen LogP contribution in [0.3, 0.4) is 0 Å². The number of carboxylic acids is 1. The van der Waals surface area contributed by atoms with Gasteiger partial charge in [-0.2, -0.15) is 0 Å². The van der Waals surface area contributed by atoms with Crippen molar-refractivity contribution in [1.29, 1.82) is 0 Å². The molecule has 4 aliphatic carbocycles. The number of rotatable bonds is 4. The number of aliphatic carboxylic acids is 1. The third-order valence-corrected chi connectivity index (χ3v) is 8.98. The number of hydrogen-bond donors (Lipinski definition) is 2. The Kier molecular flexibility index (Phi) is 4.88. The van der Waals surface area contributed by atoms with E-state index in [0.29, 0.717) is 25.0 Å². The molecule has 0 saturated heterocycles. The molecule has 0 unspecified atom stereocenters. The summed E-state index contributed by atoms with van der Waals surface area (Å²) in [5, 5.41) is 20.6. The third kappa shape index (κ3) is 2.92. The summed E-state index contributed by atoms with van der Waals surface area (Å²) < 4.78 is 5.56. The van der Waals surface area contributed by atoms with Crippen LogP contribution in [0.15, 0.2) is 0 Å². The summed E-state index contributed by atoms with van der Waals surface area (Å²) in [5.74, 6) is 2.76. The highest BCUT2D eigenvalue weighted by molar-refractivity contribution is 5.71. The first-order valence-corrected chi connectivity index (χ1v) is 10.9. The highest BCUT2D eigenvalue weighted by Crippen LogP contribution is 2.64. The summed E-state index contributed by atoms with van der Waals surface area (Å²) in [5.41, 5.74) is -0.598. The molecular formula is C22H36O4. The van der Waals surface area contributed by atoms with Gasteiger partial charge in [-0.15, -0.1) is 0 Å². The lowest BCUT2D eigenvalue weighted by Gasteiger charge is -2.56. The van der Waals surface area contributed by atoms with Crippen LogP contribution in [0.1, 0.15) is 71.6 Å². The number of fused-ring (bicyclic) bond motifs is 5. The van der Waals surface area contributed by atoms with Crippen molar-refractivity contribution >= 4 is 5.97 Å². The second-order valence-electron chi connectivity index (χ2n) is 10.1. The van der Waals surface area contributed by atoms with Crippen LogP contribution in [-0.4, -0.2) is 35.0 Å². The number of carboxylic acid groups (broad SMARTS) is 1. The van der Waals surface area contributed by atoms with Gasteiger partial charge in [-0.1, -0.05) is 6.92 Å².